The number of carbonyl (C=O) groups is 2. The molecule has 0 fully saturated rings. The molecule has 0 heterocycles. The van der Waals surface area contributed by atoms with Crippen molar-refractivity contribution in [2.45, 2.75) is 122 Å². The third-order valence-electron chi connectivity index (χ3n) is 5.79. The van der Waals surface area contributed by atoms with Gasteiger partial charge in [0.15, 0.2) is 6.10 Å². The lowest BCUT2D eigenvalue weighted by Gasteiger charge is -2.15. The van der Waals surface area contributed by atoms with E-state index in [1.165, 1.54) is 6.42 Å². The van der Waals surface area contributed by atoms with E-state index in [-0.39, 0.29) is 31.3 Å². The second-order valence-electron chi connectivity index (χ2n) is 9.27. The Labute approximate surface area is 225 Å². The van der Waals surface area contributed by atoms with Crippen LogP contribution in [0.2, 0.25) is 0 Å². The molecule has 6 heteroatoms. The summed E-state index contributed by atoms with van der Waals surface area (Å²) in [4.78, 5) is 23.7. The number of aliphatic hydroxyl groups excluding tert-OH is 2. The van der Waals surface area contributed by atoms with Gasteiger partial charge >= 0.3 is 11.9 Å². The SMILES string of the molecule is CCCCCCCC(=O)O[C@@H](CO)COC(=O)CCC/C=C\C/C=C\C/C=C\C/C=C\CC[C@@H](O)CC. The summed E-state index contributed by atoms with van der Waals surface area (Å²) in [6.45, 7) is 3.67. The van der Waals surface area contributed by atoms with Crippen LogP contribution < -0.4 is 0 Å². The van der Waals surface area contributed by atoms with Gasteiger partial charge in [-0.2, -0.15) is 0 Å². The molecular formula is C31H52O6. The first kappa shape index (κ1) is 34.8. The van der Waals surface area contributed by atoms with E-state index in [4.69, 9.17) is 9.47 Å². The van der Waals surface area contributed by atoms with Gasteiger partial charge in [0, 0.05) is 12.8 Å². The minimum absolute atomic E-state index is 0.106. The molecule has 0 aromatic rings. The molecule has 0 aliphatic carbocycles. The van der Waals surface area contributed by atoms with Crippen LogP contribution in [0.25, 0.3) is 0 Å². The van der Waals surface area contributed by atoms with Gasteiger partial charge in [-0.15, -0.1) is 0 Å². The first-order chi connectivity index (χ1) is 18.0. The molecule has 0 spiro atoms. The van der Waals surface area contributed by atoms with Crippen LogP contribution in [0.5, 0.6) is 0 Å². The molecule has 0 aliphatic heterocycles. The normalized spacial score (nSPS) is 13.7. The van der Waals surface area contributed by atoms with Gasteiger partial charge < -0.3 is 19.7 Å². The van der Waals surface area contributed by atoms with Gasteiger partial charge in [-0.1, -0.05) is 88.1 Å². The second kappa shape index (κ2) is 26.9. The van der Waals surface area contributed by atoms with Gasteiger partial charge in [-0.25, -0.2) is 0 Å². The number of ether oxygens (including phenoxy) is 2. The average Bonchev–Trinajstić information content (AvgIpc) is 2.90. The highest BCUT2D eigenvalue weighted by Gasteiger charge is 2.15. The van der Waals surface area contributed by atoms with Crippen LogP contribution >= 0.6 is 0 Å². The predicted octanol–water partition coefficient (Wildman–Crippen LogP) is 6.91. The second-order valence-corrected chi connectivity index (χ2v) is 9.27. The molecule has 0 unspecified atom stereocenters. The quantitative estimate of drug-likeness (QED) is 0.0816. The zero-order chi connectivity index (χ0) is 27.4. The van der Waals surface area contributed by atoms with E-state index in [1.54, 1.807) is 0 Å². The minimum atomic E-state index is -0.796. The van der Waals surface area contributed by atoms with Crippen molar-refractivity contribution >= 4 is 11.9 Å². The van der Waals surface area contributed by atoms with Gasteiger partial charge in [-0.05, 0) is 57.8 Å². The summed E-state index contributed by atoms with van der Waals surface area (Å²) in [6.07, 6.45) is 28.6. The Hall–Kier alpha value is -2.18. The topological polar surface area (TPSA) is 93.1 Å². The van der Waals surface area contributed by atoms with E-state index in [1.807, 2.05) is 6.92 Å². The maximum absolute atomic E-state index is 11.9. The first-order valence-electron chi connectivity index (χ1n) is 14.3. The molecule has 212 valence electrons. The fourth-order valence-corrected chi connectivity index (χ4v) is 3.41. The fourth-order valence-electron chi connectivity index (χ4n) is 3.41. The maximum Gasteiger partial charge on any atom is 0.306 e. The van der Waals surface area contributed by atoms with Gasteiger partial charge in [0.2, 0.25) is 0 Å². The van der Waals surface area contributed by atoms with E-state index in [9.17, 15) is 19.8 Å². The number of carbonyl (C=O) groups excluding carboxylic acids is 2. The van der Waals surface area contributed by atoms with Crippen LogP contribution in [0, 0.1) is 0 Å². The van der Waals surface area contributed by atoms with Crippen LogP contribution in [-0.2, 0) is 19.1 Å². The lowest BCUT2D eigenvalue weighted by atomic mass is 10.1. The summed E-state index contributed by atoms with van der Waals surface area (Å²) in [5.41, 5.74) is 0. The summed E-state index contributed by atoms with van der Waals surface area (Å²) < 4.78 is 10.4. The summed E-state index contributed by atoms with van der Waals surface area (Å²) in [5, 5.41) is 18.9. The number of allylic oxidation sites excluding steroid dienone is 8. The predicted molar refractivity (Wildman–Crippen MR) is 151 cm³/mol. The van der Waals surface area contributed by atoms with Gasteiger partial charge in [-0.3, -0.25) is 9.59 Å². The minimum Gasteiger partial charge on any atom is -0.462 e. The smallest absolute Gasteiger partial charge is 0.306 e. The number of unbranched alkanes of at least 4 members (excludes halogenated alkanes) is 5. The molecule has 0 amide bonds. The largest absolute Gasteiger partial charge is 0.462 e. The van der Waals surface area contributed by atoms with E-state index in [2.05, 4.69) is 55.5 Å². The summed E-state index contributed by atoms with van der Waals surface area (Å²) in [6, 6.07) is 0. The Morgan fingerprint density at radius 1 is 0.730 bits per heavy atom. The number of rotatable bonds is 24. The highest BCUT2D eigenvalue weighted by molar-refractivity contribution is 5.70. The molecular weight excluding hydrogens is 468 g/mol. The van der Waals surface area contributed by atoms with Crippen molar-refractivity contribution in [3.05, 3.63) is 48.6 Å². The number of hydrogen-bond donors (Lipinski definition) is 2. The Morgan fingerprint density at radius 3 is 1.89 bits per heavy atom. The molecule has 0 saturated heterocycles. The molecule has 0 saturated carbocycles. The van der Waals surface area contributed by atoms with Crippen LogP contribution in [0.15, 0.2) is 48.6 Å². The monoisotopic (exact) mass is 520 g/mol. The van der Waals surface area contributed by atoms with Crippen molar-refractivity contribution in [2.75, 3.05) is 13.2 Å². The summed E-state index contributed by atoms with van der Waals surface area (Å²) in [5.74, 6) is -0.697. The molecule has 0 aliphatic rings. The molecule has 0 bridgehead atoms. The third-order valence-corrected chi connectivity index (χ3v) is 5.79. The molecule has 0 aromatic carbocycles. The third kappa shape index (κ3) is 25.3. The molecule has 0 radical (unpaired) electrons. The van der Waals surface area contributed by atoms with Crippen LogP contribution in [-0.4, -0.2) is 47.6 Å². The van der Waals surface area contributed by atoms with E-state index >= 15 is 0 Å². The molecule has 2 N–H and O–H groups in total. The number of aliphatic hydroxyl groups is 2. The standard InChI is InChI=1S/C31H52O6/c1-3-5-6-17-22-25-31(35)37-29(26-32)27-36-30(34)24-21-19-16-14-12-10-8-7-9-11-13-15-18-20-23-28(33)4-2/h8-11,14-16,18,28-29,32-33H,3-7,12-13,17,19-27H2,1-2H3/b10-8-,11-9-,16-14-,18-15-/t28-,29-/m0/s1. The van der Waals surface area contributed by atoms with Crippen molar-refractivity contribution in [1.82, 2.24) is 0 Å². The van der Waals surface area contributed by atoms with Gasteiger partial charge in [0.05, 0.1) is 12.7 Å². The molecule has 6 nitrogen and oxygen atoms in total. The van der Waals surface area contributed by atoms with Crippen LogP contribution in [0.4, 0.5) is 0 Å². The zero-order valence-corrected chi connectivity index (χ0v) is 23.3. The highest BCUT2D eigenvalue weighted by Crippen LogP contribution is 2.08. The molecule has 0 aromatic heterocycles. The molecule has 0 rings (SSSR count). The van der Waals surface area contributed by atoms with Gasteiger partial charge in [0.1, 0.15) is 6.61 Å². The summed E-state index contributed by atoms with van der Waals surface area (Å²) in [7, 11) is 0. The summed E-state index contributed by atoms with van der Waals surface area (Å²) >= 11 is 0. The Kier molecular flexibility index (Phi) is 25.3. The van der Waals surface area contributed by atoms with Crippen LogP contribution in [0.3, 0.4) is 0 Å². The average molecular weight is 521 g/mol. The Morgan fingerprint density at radius 2 is 1.30 bits per heavy atom. The van der Waals surface area contributed by atoms with Gasteiger partial charge in [0.25, 0.3) is 0 Å². The van der Waals surface area contributed by atoms with E-state index in [0.717, 1.165) is 70.6 Å². The molecule has 2 atom stereocenters. The highest BCUT2D eigenvalue weighted by atomic mass is 16.6. The number of esters is 2. The maximum atomic E-state index is 11.9. The van der Waals surface area contributed by atoms with Crippen molar-refractivity contribution in [3.8, 4) is 0 Å². The van der Waals surface area contributed by atoms with E-state index in [0.29, 0.717) is 19.3 Å². The van der Waals surface area contributed by atoms with E-state index < -0.39 is 6.10 Å². The lowest BCUT2D eigenvalue weighted by Crippen LogP contribution is -2.28. The van der Waals surface area contributed by atoms with Crippen LogP contribution in [0.1, 0.15) is 110 Å². The fraction of sp³-hybridized carbons (Fsp3) is 0.677. The first-order valence-corrected chi connectivity index (χ1v) is 14.3. The number of hydrogen-bond acceptors (Lipinski definition) is 6. The Balaban J connectivity index is 3.75. The zero-order valence-electron chi connectivity index (χ0n) is 23.3. The Bertz CT molecular complexity index is 665. The lowest BCUT2D eigenvalue weighted by molar-refractivity contribution is -0.161. The molecule has 37 heavy (non-hydrogen) atoms. The van der Waals surface area contributed by atoms with Crippen molar-refractivity contribution in [1.29, 1.82) is 0 Å². The van der Waals surface area contributed by atoms with Crippen molar-refractivity contribution < 1.29 is 29.3 Å². The van der Waals surface area contributed by atoms with Crippen molar-refractivity contribution in [3.63, 3.8) is 0 Å². The van der Waals surface area contributed by atoms with Crippen molar-refractivity contribution in [2.24, 2.45) is 0 Å².